The highest BCUT2D eigenvalue weighted by Crippen LogP contribution is 2.69. The molecule has 6 heteroatoms. The van der Waals surface area contributed by atoms with Gasteiger partial charge in [-0.05, 0) is 78.9 Å². The van der Waals surface area contributed by atoms with Gasteiger partial charge in [0.25, 0.3) is 0 Å². The molecule has 0 aromatic heterocycles. The summed E-state index contributed by atoms with van der Waals surface area (Å²) in [7, 11) is 0. The Morgan fingerprint density at radius 3 is 2.30 bits per heavy atom. The molecule has 0 aliphatic heterocycles. The lowest BCUT2D eigenvalue weighted by Crippen LogP contribution is -2.59. The molecule has 4 nitrogen and oxygen atoms in total. The predicted octanol–water partition coefficient (Wildman–Crippen LogP) is 6.47. The monoisotopic (exact) mass is 450 g/mol. The fourth-order valence-electron chi connectivity index (χ4n) is 7.03. The third-order valence-corrected chi connectivity index (χ3v) is 7.63. The van der Waals surface area contributed by atoms with Crippen LogP contribution in [0.2, 0.25) is 10.0 Å². The largest absolute Gasteiger partial charge is 0.490 e. The van der Waals surface area contributed by atoms with Gasteiger partial charge in [0.05, 0.1) is 28.3 Å². The molecule has 0 heterocycles. The number of ether oxygens (including phenoxy) is 1. The summed E-state index contributed by atoms with van der Waals surface area (Å²) in [6.45, 7) is 9.41. The Bertz CT molecular complexity index is 841. The van der Waals surface area contributed by atoms with Gasteiger partial charge >= 0.3 is 0 Å². The number of hydrogen-bond donors (Lipinski definition) is 1. The Morgan fingerprint density at radius 1 is 1.17 bits per heavy atom. The highest BCUT2D eigenvalue weighted by atomic mass is 35.5. The SMILES string of the molecule is CC(C)COc1c(Cl)cc(/C=N/NC(=O)C23CC4CC(C)(CC(C)(C4)C2)C3)cc1Cl. The topological polar surface area (TPSA) is 50.7 Å². The van der Waals surface area contributed by atoms with Crippen LogP contribution in [0.25, 0.3) is 0 Å². The van der Waals surface area contributed by atoms with Crippen LogP contribution in [0.15, 0.2) is 17.2 Å². The van der Waals surface area contributed by atoms with Gasteiger partial charge in [0.2, 0.25) is 5.91 Å². The lowest BCUT2D eigenvalue weighted by atomic mass is 9.40. The highest BCUT2D eigenvalue weighted by molar-refractivity contribution is 6.37. The molecule has 4 aliphatic carbocycles. The minimum absolute atomic E-state index is 0.0642. The normalized spacial score (nSPS) is 34.7. The van der Waals surface area contributed by atoms with Gasteiger partial charge in [0.1, 0.15) is 0 Å². The van der Waals surface area contributed by atoms with E-state index in [1.807, 2.05) is 0 Å². The number of carbonyl (C=O) groups is 1. The van der Waals surface area contributed by atoms with Gasteiger partial charge in [0, 0.05) is 0 Å². The Morgan fingerprint density at radius 2 is 1.77 bits per heavy atom. The first kappa shape index (κ1) is 22.0. The Hall–Kier alpha value is -1.26. The van der Waals surface area contributed by atoms with E-state index in [2.05, 4.69) is 38.2 Å². The second-order valence-electron chi connectivity index (χ2n) is 11.1. The third kappa shape index (κ3) is 4.23. The van der Waals surface area contributed by atoms with Crippen LogP contribution in [0.1, 0.15) is 71.8 Å². The van der Waals surface area contributed by atoms with Gasteiger partial charge in [-0.1, -0.05) is 50.9 Å². The van der Waals surface area contributed by atoms with Gasteiger partial charge in [-0.2, -0.15) is 5.10 Å². The van der Waals surface area contributed by atoms with Crippen molar-refractivity contribution in [2.24, 2.45) is 33.2 Å². The van der Waals surface area contributed by atoms with Crippen LogP contribution in [-0.2, 0) is 4.79 Å². The number of nitrogens with one attached hydrogen (secondary N) is 1. The lowest BCUT2D eigenvalue weighted by molar-refractivity contribution is -0.170. The second-order valence-corrected chi connectivity index (χ2v) is 11.9. The number of nitrogens with zero attached hydrogens (tertiary/aromatic N) is 1. The standard InChI is InChI=1S/C24H32Cl2N2O2/c1-15(2)11-30-20-18(25)5-16(6-19(20)26)10-27-28-21(29)24-9-17-7-22(3,13-24)12-23(4,8-17)14-24/h5-6,10,15,17H,7-9,11-14H2,1-4H3,(H,28,29)/b27-10+. The first-order chi connectivity index (χ1) is 14.0. The maximum Gasteiger partial charge on any atom is 0.246 e. The Labute approximate surface area is 189 Å². The molecule has 4 bridgehead atoms. The first-order valence-electron chi connectivity index (χ1n) is 11.0. The van der Waals surface area contributed by atoms with Crippen LogP contribution < -0.4 is 10.2 Å². The van der Waals surface area contributed by atoms with Crippen LogP contribution >= 0.6 is 23.2 Å². The van der Waals surface area contributed by atoms with Crippen molar-refractivity contribution in [2.45, 2.75) is 66.2 Å². The maximum atomic E-state index is 13.2. The molecule has 164 valence electrons. The van der Waals surface area contributed by atoms with Crippen molar-refractivity contribution >= 4 is 35.3 Å². The van der Waals surface area contributed by atoms with Crippen molar-refractivity contribution in [2.75, 3.05) is 6.61 Å². The minimum Gasteiger partial charge on any atom is -0.490 e. The number of carbonyl (C=O) groups excluding carboxylic acids is 1. The van der Waals surface area contributed by atoms with Crippen LogP contribution in [0.5, 0.6) is 5.75 Å². The zero-order valence-electron chi connectivity index (χ0n) is 18.4. The summed E-state index contributed by atoms with van der Waals surface area (Å²) >= 11 is 12.7. The number of hydrazone groups is 1. The van der Waals surface area contributed by atoms with Crippen molar-refractivity contribution < 1.29 is 9.53 Å². The predicted molar refractivity (Wildman–Crippen MR) is 122 cm³/mol. The van der Waals surface area contributed by atoms with E-state index in [0.717, 1.165) is 24.8 Å². The molecule has 0 radical (unpaired) electrons. The number of hydrogen-bond acceptors (Lipinski definition) is 3. The summed E-state index contributed by atoms with van der Waals surface area (Å²) in [5.41, 5.74) is 3.87. The lowest BCUT2D eigenvalue weighted by Gasteiger charge is -2.64. The Kier molecular flexibility index (Phi) is 5.64. The summed E-state index contributed by atoms with van der Waals surface area (Å²) in [4.78, 5) is 13.2. The van der Waals surface area contributed by atoms with Crippen LogP contribution in [-0.4, -0.2) is 18.7 Å². The van der Waals surface area contributed by atoms with Gasteiger partial charge in [-0.15, -0.1) is 0 Å². The van der Waals surface area contributed by atoms with Crippen LogP contribution in [0.3, 0.4) is 0 Å². The molecule has 1 N–H and O–H groups in total. The maximum absolute atomic E-state index is 13.2. The summed E-state index contributed by atoms with van der Waals surface area (Å²) in [5, 5.41) is 5.13. The van der Waals surface area contributed by atoms with Crippen molar-refractivity contribution in [3.63, 3.8) is 0 Å². The number of amides is 1. The molecule has 4 fully saturated rings. The van der Waals surface area contributed by atoms with Crippen LogP contribution in [0.4, 0.5) is 0 Å². The van der Waals surface area contributed by atoms with Crippen molar-refractivity contribution in [1.82, 2.24) is 5.43 Å². The second kappa shape index (κ2) is 7.70. The van der Waals surface area contributed by atoms with E-state index < -0.39 is 0 Å². The fourth-order valence-corrected chi connectivity index (χ4v) is 7.64. The van der Waals surface area contributed by atoms with E-state index in [-0.39, 0.29) is 11.3 Å². The van der Waals surface area contributed by atoms with Crippen LogP contribution in [0, 0.1) is 28.1 Å². The molecule has 0 saturated heterocycles. The summed E-state index contributed by atoms with van der Waals surface area (Å²) in [6, 6.07) is 3.51. The zero-order valence-corrected chi connectivity index (χ0v) is 19.9. The molecular formula is C24H32Cl2N2O2. The molecule has 1 aromatic rings. The summed E-state index contributed by atoms with van der Waals surface area (Å²) in [6.07, 6.45) is 8.34. The molecule has 0 spiro atoms. The van der Waals surface area contributed by atoms with E-state index in [4.69, 9.17) is 27.9 Å². The molecule has 2 unspecified atom stereocenters. The average Bonchev–Trinajstić information content (AvgIpc) is 2.57. The fraction of sp³-hybridized carbons (Fsp3) is 0.667. The molecule has 2 atom stereocenters. The summed E-state index contributed by atoms with van der Waals surface area (Å²) < 4.78 is 5.71. The molecule has 4 saturated carbocycles. The minimum atomic E-state index is -0.274. The average molecular weight is 451 g/mol. The zero-order chi connectivity index (χ0) is 21.7. The van der Waals surface area contributed by atoms with E-state index in [1.54, 1.807) is 18.3 Å². The van der Waals surface area contributed by atoms with E-state index in [1.165, 1.54) is 19.3 Å². The van der Waals surface area contributed by atoms with E-state index >= 15 is 0 Å². The first-order valence-corrected chi connectivity index (χ1v) is 11.7. The Balaban J connectivity index is 1.44. The van der Waals surface area contributed by atoms with E-state index in [9.17, 15) is 4.79 Å². The van der Waals surface area contributed by atoms with Gasteiger partial charge < -0.3 is 4.74 Å². The van der Waals surface area contributed by atoms with Gasteiger partial charge in [-0.3, -0.25) is 4.79 Å². The molecular weight excluding hydrogens is 419 g/mol. The smallest absolute Gasteiger partial charge is 0.246 e. The quantitative estimate of drug-likeness (QED) is 0.398. The molecule has 1 amide bonds. The van der Waals surface area contributed by atoms with Crippen molar-refractivity contribution in [1.29, 1.82) is 0 Å². The van der Waals surface area contributed by atoms with Crippen molar-refractivity contribution in [3.05, 3.63) is 27.7 Å². The number of halogens is 2. The highest BCUT2D eigenvalue weighted by Gasteiger charge is 2.62. The molecule has 1 aromatic carbocycles. The third-order valence-electron chi connectivity index (χ3n) is 7.07. The molecule has 4 aliphatic rings. The van der Waals surface area contributed by atoms with E-state index in [0.29, 0.717) is 45.1 Å². The van der Waals surface area contributed by atoms with Crippen molar-refractivity contribution in [3.8, 4) is 5.75 Å². The van der Waals surface area contributed by atoms with Gasteiger partial charge in [-0.25, -0.2) is 5.43 Å². The number of benzene rings is 1. The molecule has 30 heavy (non-hydrogen) atoms. The number of rotatable bonds is 6. The summed E-state index contributed by atoms with van der Waals surface area (Å²) in [5.74, 6) is 1.60. The molecule has 5 rings (SSSR count). The van der Waals surface area contributed by atoms with Gasteiger partial charge in [0.15, 0.2) is 5.75 Å².